The Hall–Kier alpha value is -12.8. The zero-order valence-electron chi connectivity index (χ0n) is 52.3. The summed E-state index contributed by atoms with van der Waals surface area (Å²) in [5, 5.41) is 22.7. The van der Waals surface area contributed by atoms with Crippen molar-refractivity contribution in [3.05, 3.63) is 352 Å². The van der Waals surface area contributed by atoms with Gasteiger partial charge >= 0.3 is 0 Å². The lowest BCUT2D eigenvalue weighted by Crippen LogP contribution is -1.96. The van der Waals surface area contributed by atoms with Crippen LogP contribution < -0.4 is 0 Å². The van der Waals surface area contributed by atoms with Crippen molar-refractivity contribution in [3.63, 3.8) is 0 Å². The molecule has 446 valence electrons. The number of aromatic nitrogens is 4. The SMILES string of the molecule is c1ccc2cc(-n3c4ccccc4c4cc(-c5ccc6c(c5)c5ccccc5n6-c5cc6ccccc6c6ccccc56)ccc43)ccc2c1.c1ccc2cc(-n3c4ccccc4c4cc(-c5ccc6c(c5)c5ccccc5n6-c5ccc6ccccc6c5)ccc43)ccc2c1. The molecule has 0 spiro atoms. The van der Waals surface area contributed by atoms with Gasteiger partial charge in [-0.05, 0) is 186 Å². The van der Waals surface area contributed by atoms with E-state index in [4.69, 9.17) is 0 Å². The molecule has 0 saturated carbocycles. The Labute approximate surface area is 552 Å². The molecule has 0 amide bonds. The van der Waals surface area contributed by atoms with Crippen LogP contribution in [0.2, 0.25) is 0 Å². The fraction of sp³-hybridized carbons (Fsp3) is 0. The molecule has 0 N–H and O–H groups in total. The lowest BCUT2D eigenvalue weighted by Gasteiger charge is -2.14. The normalized spacial score (nSPS) is 12.0. The largest absolute Gasteiger partial charge is 0.309 e. The summed E-state index contributed by atoms with van der Waals surface area (Å²) in [6.45, 7) is 0. The molecule has 4 aromatic heterocycles. The predicted molar refractivity (Wildman–Crippen MR) is 409 cm³/mol. The van der Waals surface area contributed by atoms with E-state index in [1.165, 1.54) is 186 Å². The van der Waals surface area contributed by atoms with Crippen molar-refractivity contribution in [1.82, 2.24) is 18.3 Å². The van der Waals surface area contributed by atoms with Gasteiger partial charge in [0.25, 0.3) is 0 Å². The van der Waals surface area contributed by atoms with E-state index in [1.807, 2.05) is 0 Å². The maximum Gasteiger partial charge on any atom is 0.0546 e. The number of para-hydroxylation sites is 4. The summed E-state index contributed by atoms with van der Waals surface area (Å²) < 4.78 is 9.68. The highest BCUT2D eigenvalue weighted by molar-refractivity contribution is 6.18. The fourth-order valence-corrected chi connectivity index (χ4v) is 15.9. The van der Waals surface area contributed by atoms with Gasteiger partial charge in [0.15, 0.2) is 0 Å². The van der Waals surface area contributed by atoms with Crippen molar-refractivity contribution < 1.29 is 0 Å². The Bertz CT molecular complexity index is 6590. The Morgan fingerprint density at radius 2 is 0.396 bits per heavy atom. The van der Waals surface area contributed by atoms with Gasteiger partial charge in [0, 0.05) is 65.5 Å². The average Bonchev–Trinajstić information content (AvgIpc) is 1.49. The quantitative estimate of drug-likeness (QED) is 0.148. The van der Waals surface area contributed by atoms with Crippen LogP contribution >= 0.6 is 0 Å². The molecule has 0 bridgehead atoms. The second-order valence-electron chi connectivity index (χ2n) is 25.6. The van der Waals surface area contributed by atoms with E-state index in [2.05, 4.69) is 370 Å². The third-order valence-corrected chi connectivity index (χ3v) is 20.3. The fourth-order valence-electron chi connectivity index (χ4n) is 15.9. The second-order valence-corrected chi connectivity index (χ2v) is 25.6. The van der Waals surface area contributed by atoms with Crippen LogP contribution in [-0.2, 0) is 0 Å². The van der Waals surface area contributed by atoms with Crippen LogP contribution in [0.25, 0.3) is 186 Å². The lowest BCUT2D eigenvalue weighted by molar-refractivity contribution is 1.18. The van der Waals surface area contributed by atoms with Crippen molar-refractivity contribution in [2.24, 2.45) is 0 Å². The molecule has 0 aliphatic heterocycles. The molecule has 21 aromatic rings. The van der Waals surface area contributed by atoms with E-state index in [0.29, 0.717) is 0 Å². The Kier molecular flexibility index (Phi) is 12.0. The third kappa shape index (κ3) is 8.42. The first-order valence-corrected chi connectivity index (χ1v) is 33.1. The maximum atomic E-state index is 2.46. The number of nitrogens with zero attached hydrogens (tertiary/aromatic N) is 4. The van der Waals surface area contributed by atoms with Gasteiger partial charge in [-0.25, -0.2) is 0 Å². The standard InChI is InChI=1S/C48H30N2.C44H28N2/c1-2-12-32-27-36(24-21-31(32)11-1)49-44-19-9-7-17-40(44)42-28-33(22-25-46(42)49)34-23-26-47-43(29-34)41-18-8-10-20-45(41)50(47)48-30-35-13-3-4-14-37(35)38-15-5-6-16-39(38)48;1-3-11-31-25-35(21-17-29(31)9-1)45-41-15-7-5-13-37(41)39-27-33(19-23-43(39)45)34-20-24-44-40(28-34)38-14-6-8-16-42(38)46(44)36-22-18-30-10-2-4-12-32(30)26-36/h1-30H;1-28H. The van der Waals surface area contributed by atoms with E-state index in [1.54, 1.807) is 0 Å². The molecule has 0 atom stereocenters. The first kappa shape index (κ1) is 53.9. The van der Waals surface area contributed by atoms with Gasteiger partial charge in [-0.15, -0.1) is 0 Å². The van der Waals surface area contributed by atoms with Gasteiger partial charge < -0.3 is 18.3 Å². The van der Waals surface area contributed by atoms with Gasteiger partial charge in [-0.1, -0.05) is 237 Å². The van der Waals surface area contributed by atoms with Crippen molar-refractivity contribution in [2.75, 3.05) is 0 Å². The Morgan fingerprint density at radius 3 is 0.760 bits per heavy atom. The Morgan fingerprint density at radius 1 is 0.135 bits per heavy atom. The molecule has 0 saturated heterocycles. The Balaban J connectivity index is 0.000000132. The van der Waals surface area contributed by atoms with Crippen LogP contribution in [0.1, 0.15) is 0 Å². The van der Waals surface area contributed by atoms with Crippen molar-refractivity contribution in [3.8, 4) is 45.0 Å². The summed E-state index contributed by atoms with van der Waals surface area (Å²) in [6, 6.07) is 129. The topological polar surface area (TPSA) is 19.7 Å². The van der Waals surface area contributed by atoms with Gasteiger partial charge in [0.2, 0.25) is 0 Å². The molecule has 21 rings (SSSR count). The predicted octanol–water partition coefficient (Wildman–Crippen LogP) is 24.9. The van der Waals surface area contributed by atoms with Crippen LogP contribution in [0, 0.1) is 0 Å². The summed E-state index contributed by atoms with van der Waals surface area (Å²) in [5.41, 5.74) is 19.4. The molecular formula is C92H58N4. The number of hydrogen-bond donors (Lipinski definition) is 0. The molecule has 0 fully saturated rings. The van der Waals surface area contributed by atoms with Crippen molar-refractivity contribution in [1.29, 1.82) is 0 Å². The van der Waals surface area contributed by atoms with Crippen LogP contribution in [0.15, 0.2) is 352 Å². The minimum atomic E-state index is 1.18. The van der Waals surface area contributed by atoms with Gasteiger partial charge in [0.05, 0.1) is 49.8 Å². The highest BCUT2D eigenvalue weighted by Gasteiger charge is 2.21. The molecule has 96 heavy (non-hydrogen) atoms. The van der Waals surface area contributed by atoms with E-state index in [9.17, 15) is 0 Å². The van der Waals surface area contributed by atoms with Crippen molar-refractivity contribution >= 4 is 141 Å². The van der Waals surface area contributed by atoms with E-state index < -0.39 is 0 Å². The number of hydrogen-bond acceptors (Lipinski definition) is 0. The molecule has 0 unspecified atom stereocenters. The van der Waals surface area contributed by atoms with E-state index in [0.717, 1.165) is 0 Å². The highest BCUT2D eigenvalue weighted by Crippen LogP contribution is 2.43. The maximum absolute atomic E-state index is 2.46. The first-order valence-electron chi connectivity index (χ1n) is 33.1. The molecular weight excluding hydrogens is 1160 g/mol. The number of rotatable bonds is 6. The molecule has 4 nitrogen and oxygen atoms in total. The van der Waals surface area contributed by atoms with Crippen LogP contribution in [0.4, 0.5) is 0 Å². The first-order chi connectivity index (χ1) is 47.6. The summed E-state index contributed by atoms with van der Waals surface area (Å²) in [5.74, 6) is 0. The molecule has 17 aromatic carbocycles. The van der Waals surface area contributed by atoms with Crippen LogP contribution in [-0.4, -0.2) is 18.3 Å². The molecule has 0 aliphatic rings. The van der Waals surface area contributed by atoms with Gasteiger partial charge in [-0.3, -0.25) is 0 Å². The monoisotopic (exact) mass is 1220 g/mol. The summed E-state index contributed by atoms with van der Waals surface area (Å²) in [4.78, 5) is 0. The molecule has 0 radical (unpaired) electrons. The third-order valence-electron chi connectivity index (χ3n) is 20.3. The summed E-state index contributed by atoms with van der Waals surface area (Å²) in [7, 11) is 0. The number of fused-ring (bicyclic) bond motifs is 18. The van der Waals surface area contributed by atoms with Crippen LogP contribution in [0.5, 0.6) is 0 Å². The summed E-state index contributed by atoms with van der Waals surface area (Å²) in [6.07, 6.45) is 0. The number of benzene rings is 17. The van der Waals surface area contributed by atoms with E-state index in [-0.39, 0.29) is 0 Å². The smallest absolute Gasteiger partial charge is 0.0546 e. The highest BCUT2D eigenvalue weighted by atomic mass is 15.0. The zero-order valence-corrected chi connectivity index (χ0v) is 52.3. The van der Waals surface area contributed by atoms with E-state index >= 15 is 0 Å². The average molecular weight is 1220 g/mol. The van der Waals surface area contributed by atoms with Gasteiger partial charge in [-0.2, -0.15) is 0 Å². The molecule has 4 heterocycles. The van der Waals surface area contributed by atoms with Crippen LogP contribution in [0.3, 0.4) is 0 Å². The zero-order chi connectivity index (χ0) is 63.0. The van der Waals surface area contributed by atoms with Gasteiger partial charge in [0.1, 0.15) is 0 Å². The minimum Gasteiger partial charge on any atom is -0.309 e. The summed E-state index contributed by atoms with van der Waals surface area (Å²) >= 11 is 0. The second kappa shape index (κ2) is 21.4. The van der Waals surface area contributed by atoms with Crippen molar-refractivity contribution in [2.45, 2.75) is 0 Å². The minimum absolute atomic E-state index is 1.18. The molecule has 4 heteroatoms. The lowest BCUT2D eigenvalue weighted by atomic mass is 9.99. The molecule has 0 aliphatic carbocycles.